The molecule has 0 radical (unpaired) electrons. The van der Waals surface area contributed by atoms with Crippen LogP contribution in [0.2, 0.25) is 25.7 Å². The highest BCUT2D eigenvalue weighted by atomic mass is 32.2. The topological polar surface area (TPSA) is 89.9 Å². The lowest BCUT2D eigenvalue weighted by Gasteiger charge is -2.29. The molecule has 1 aliphatic carbocycles. The number of aromatic nitrogens is 3. The zero-order valence-electron chi connectivity index (χ0n) is 25.9. The first-order valence-electron chi connectivity index (χ1n) is 14.7. The van der Waals surface area contributed by atoms with E-state index in [1.54, 1.807) is 25.3 Å². The van der Waals surface area contributed by atoms with Crippen LogP contribution >= 0.6 is 0 Å². The average Bonchev–Trinajstić information content (AvgIpc) is 3.57. The summed E-state index contributed by atoms with van der Waals surface area (Å²) < 4.78 is 36.9. The number of nitriles is 1. The van der Waals surface area contributed by atoms with E-state index >= 15 is 0 Å². The van der Waals surface area contributed by atoms with E-state index in [1.807, 2.05) is 60.9 Å². The summed E-state index contributed by atoms with van der Waals surface area (Å²) >= 11 is 0. The van der Waals surface area contributed by atoms with Crippen molar-refractivity contribution in [3.05, 3.63) is 95.5 Å². The van der Waals surface area contributed by atoms with Gasteiger partial charge in [0, 0.05) is 31.8 Å². The summed E-state index contributed by atoms with van der Waals surface area (Å²) in [6.45, 7) is 18.1. The number of fused-ring (bicyclic) bond motifs is 2. The second kappa shape index (κ2) is 11.4. The van der Waals surface area contributed by atoms with Crippen molar-refractivity contribution in [2.45, 2.75) is 70.8 Å². The molecule has 4 aromatic rings. The molecule has 0 saturated heterocycles. The summed E-state index contributed by atoms with van der Waals surface area (Å²) in [6, 6.07) is 14.5. The van der Waals surface area contributed by atoms with Crippen LogP contribution in [0.25, 0.3) is 27.5 Å². The van der Waals surface area contributed by atoms with E-state index in [-0.39, 0.29) is 0 Å². The Labute approximate surface area is 255 Å². The molecule has 0 amide bonds. The molecule has 5 rings (SSSR count). The van der Waals surface area contributed by atoms with Gasteiger partial charge in [-0.15, -0.1) is 0 Å². The highest BCUT2D eigenvalue weighted by Gasteiger charge is 2.40. The van der Waals surface area contributed by atoms with Crippen molar-refractivity contribution < 1.29 is 13.2 Å². The Morgan fingerprint density at radius 2 is 1.98 bits per heavy atom. The molecule has 0 fully saturated rings. The van der Waals surface area contributed by atoms with Gasteiger partial charge in [-0.05, 0) is 68.1 Å². The largest absolute Gasteiger partial charge is 0.361 e. The number of hydrogen-bond acceptors (Lipinski definition) is 5. The number of allylic oxidation sites excluding steroid dienone is 3. The van der Waals surface area contributed by atoms with Crippen LogP contribution in [-0.2, 0) is 21.5 Å². The van der Waals surface area contributed by atoms with E-state index in [0.29, 0.717) is 47.8 Å². The van der Waals surface area contributed by atoms with Gasteiger partial charge >= 0.3 is 0 Å². The number of imidazole rings is 1. The monoisotopic (exact) mass is 612 g/mol. The standard InChI is InChI=1S/C34H40N4O3SSi/c1-8-26-10-9-16-34(4,21-26)42(39,40)38-17-15-29-28(13-11-24(2)32(29)38)25(3)33-36-30-20-27(22-35)12-14-31(30)37(33)23-41-18-19-43(5,6)7/h9-15,17,20-21H,3,8,16,18-19,23H2,1-2,4-7H3. The lowest BCUT2D eigenvalue weighted by Crippen LogP contribution is -2.38. The van der Waals surface area contributed by atoms with Crippen LogP contribution in [0.4, 0.5) is 0 Å². The molecule has 0 aliphatic heterocycles. The van der Waals surface area contributed by atoms with Crippen molar-refractivity contribution in [3.63, 3.8) is 0 Å². The van der Waals surface area contributed by atoms with Crippen LogP contribution < -0.4 is 0 Å². The minimum absolute atomic E-state index is 0.295. The average molecular weight is 613 g/mol. The Balaban J connectivity index is 1.60. The van der Waals surface area contributed by atoms with Gasteiger partial charge in [-0.3, -0.25) is 4.57 Å². The number of hydrogen-bond donors (Lipinski definition) is 0. The lowest BCUT2D eigenvalue weighted by atomic mass is 9.96. The van der Waals surface area contributed by atoms with Crippen molar-refractivity contribution in [2.75, 3.05) is 6.61 Å². The first-order valence-corrected chi connectivity index (χ1v) is 19.9. The third-order valence-corrected chi connectivity index (χ3v) is 12.3. The van der Waals surface area contributed by atoms with Crippen molar-refractivity contribution in [2.24, 2.45) is 0 Å². The molecule has 7 nitrogen and oxygen atoms in total. The maximum atomic E-state index is 14.2. The fourth-order valence-corrected chi connectivity index (χ4v) is 8.16. The second-order valence-electron chi connectivity index (χ2n) is 12.8. The number of benzene rings is 2. The molecule has 2 aromatic carbocycles. The molecule has 1 aliphatic rings. The van der Waals surface area contributed by atoms with E-state index in [2.05, 4.69) is 32.3 Å². The predicted octanol–water partition coefficient (Wildman–Crippen LogP) is 7.78. The quantitative estimate of drug-likeness (QED) is 0.135. The van der Waals surface area contributed by atoms with Gasteiger partial charge in [-0.2, -0.15) is 5.26 Å². The Kier molecular flexibility index (Phi) is 8.16. The fourth-order valence-electron chi connectivity index (χ4n) is 5.64. The van der Waals surface area contributed by atoms with Crippen molar-refractivity contribution >= 4 is 45.6 Å². The molecule has 0 N–H and O–H groups in total. The minimum atomic E-state index is -3.79. The van der Waals surface area contributed by atoms with Gasteiger partial charge in [0.15, 0.2) is 0 Å². The van der Waals surface area contributed by atoms with Crippen LogP contribution in [0.15, 0.2) is 73.0 Å². The van der Waals surface area contributed by atoms with E-state index in [1.165, 1.54) is 3.97 Å². The molecule has 0 spiro atoms. The Hall–Kier alpha value is -3.71. The molecular formula is C34H40N4O3SSi. The fraction of sp³-hybridized carbons (Fsp3) is 0.353. The van der Waals surface area contributed by atoms with Gasteiger partial charge < -0.3 is 4.74 Å². The van der Waals surface area contributed by atoms with Crippen molar-refractivity contribution in [1.82, 2.24) is 13.5 Å². The molecule has 9 heteroatoms. The molecule has 224 valence electrons. The third-order valence-electron chi connectivity index (χ3n) is 8.31. The van der Waals surface area contributed by atoms with Crippen LogP contribution in [-0.4, -0.2) is 41.4 Å². The summed E-state index contributed by atoms with van der Waals surface area (Å²) in [5, 5.41) is 10.3. The van der Waals surface area contributed by atoms with Crippen LogP contribution in [0.1, 0.15) is 49.2 Å². The van der Waals surface area contributed by atoms with Crippen molar-refractivity contribution in [3.8, 4) is 6.07 Å². The molecule has 0 bridgehead atoms. The number of aryl methyl sites for hydroxylation is 1. The zero-order valence-corrected chi connectivity index (χ0v) is 27.8. The summed E-state index contributed by atoms with van der Waals surface area (Å²) in [7, 11) is -5.06. The van der Waals surface area contributed by atoms with Gasteiger partial charge in [0.2, 0.25) is 10.0 Å². The molecule has 0 saturated carbocycles. The SMILES string of the molecule is C=C(c1ccc(C)c2c1ccn2S(=O)(=O)C1(C)C=C(CC)C=CC1)c1nc2cc(C#N)ccc2n1COCC[Si](C)(C)C. The summed E-state index contributed by atoms with van der Waals surface area (Å²) in [4.78, 5) is 4.91. The zero-order chi connectivity index (χ0) is 31.2. The normalized spacial score (nSPS) is 17.4. The van der Waals surface area contributed by atoms with E-state index < -0.39 is 22.8 Å². The number of nitrogens with zero attached hydrogens (tertiary/aromatic N) is 4. The van der Waals surface area contributed by atoms with Crippen LogP contribution in [0.3, 0.4) is 0 Å². The lowest BCUT2D eigenvalue weighted by molar-refractivity contribution is 0.0893. The molecule has 43 heavy (non-hydrogen) atoms. The first kappa shape index (κ1) is 30.7. The van der Waals surface area contributed by atoms with E-state index in [0.717, 1.165) is 40.1 Å². The highest BCUT2D eigenvalue weighted by molar-refractivity contribution is 7.91. The first-order chi connectivity index (χ1) is 20.3. The van der Waals surface area contributed by atoms with Gasteiger partial charge in [0.05, 0.1) is 28.2 Å². The Morgan fingerprint density at radius 3 is 2.67 bits per heavy atom. The summed E-state index contributed by atoms with van der Waals surface area (Å²) in [5.74, 6) is 0.624. The van der Waals surface area contributed by atoms with Gasteiger partial charge in [0.25, 0.3) is 0 Å². The maximum absolute atomic E-state index is 14.2. The maximum Gasteiger partial charge on any atom is 0.248 e. The summed E-state index contributed by atoms with van der Waals surface area (Å²) in [6.07, 6.45) is 8.71. The highest BCUT2D eigenvalue weighted by Crippen LogP contribution is 2.37. The van der Waals surface area contributed by atoms with Crippen LogP contribution in [0, 0.1) is 18.3 Å². The molecule has 2 heterocycles. The third kappa shape index (κ3) is 5.67. The van der Waals surface area contributed by atoms with Gasteiger partial charge in [0.1, 0.15) is 17.3 Å². The molecule has 2 aromatic heterocycles. The smallest absolute Gasteiger partial charge is 0.248 e. The van der Waals surface area contributed by atoms with E-state index in [9.17, 15) is 13.7 Å². The van der Waals surface area contributed by atoms with Crippen LogP contribution in [0.5, 0.6) is 0 Å². The summed E-state index contributed by atoms with van der Waals surface area (Å²) in [5.41, 5.74) is 6.03. The second-order valence-corrected chi connectivity index (χ2v) is 20.7. The molecule has 1 unspecified atom stereocenters. The van der Waals surface area contributed by atoms with Crippen molar-refractivity contribution in [1.29, 1.82) is 5.26 Å². The molecular weight excluding hydrogens is 573 g/mol. The number of ether oxygens (including phenoxy) is 1. The van der Waals surface area contributed by atoms with Gasteiger partial charge in [-0.1, -0.05) is 69.1 Å². The minimum Gasteiger partial charge on any atom is -0.361 e. The molecule has 1 atom stereocenters. The van der Waals surface area contributed by atoms with Gasteiger partial charge in [-0.25, -0.2) is 17.4 Å². The predicted molar refractivity (Wildman–Crippen MR) is 178 cm³/mol. The van der Waals surface area contributed by atoms with E-state index in [4.69, 9.17) is 9.72 Å². The Bertz CT molecular complexity index is 1950. The number of rotatable bonds is 10. The Morgan fingerprint density at radius 1 is 1.21 bits per heavy atom.